The van der Waals surface area contributed by atoms with Crippen LogP contribution in [0.4, 0.5) is 0 Å². The number of hydrogen-bond acceptors (Lipinski definition) is 4. The lowest BCUT2D eigenvalue weighted by Gasteiger charge is -2.01. The lowest BCUT2D eigenvalue weighted by molar-refractivity contribution is -0.137. The van der Waals surface area contributed by atoms with Crippen LogP contribution in [-0.4, -0.2) is 33.5 Å². The van der Waals surface area contributed by atoms with Crippen LogP contribution in [0.2, 0.25) is 0 Å². The van der Waals surface area contributed by atoms with Crippen LogP contribution >= 0.6 is 0 Å². The molecule has 0 aliphatic carbocycles. The summed E-state index contributed by atoms with van der Waals surface area (Å²) in [6, 6.07) is 0. The first kappa shape index (κ1) is 15.8. The predicted octanol–water partition coefficient (Wildman–Crippen LogP) is -0.152. The van der Waals surface area contributed by atoms with Gasteiger partial charge in [0, 0.05) is 11.8 Å². The molecule has 0 bridgehead atoms. The van der Waals surface area contributed by atoms with Crippen molar-refractivity contribution in [1.29, 1.82) is 0 Å². The summed E-state index contributed by atoms with van der Waals surface area (Å²) in [5.41, 5.74) is -0.188. The van der Waals surface area contributed by atoms with Gasteiger partial charge in [-0.3, -0.25) is 14.4 Å². The lowest BCUT2D eigenvalue weighted by atomic mass is 10.2. The third-order valence-electron chi connectivity index (χ3n) is 1.79. The second-order valence-corrected chi connectivity index (χ2v) is 3.17. The number of nitrogens with zero attached hydrogens (tertiary/aromatic N) is 1. The summed E-state index contributed by atoms with van der Waals surface area (Å²) in [5.74, 6) is -1.21. The number of amides is 1. The van der Waals surface area contributed by atoms with Gasteiger partial charge in [-0.2, -0.15) is 0 Å². The fraction of sp³-hybridized carbons (Fsp3) is 0.455. The van der Waals surface area contributed by atoms with Crippen molar-refractivity contribution in [2.75, 3.05) is 6.54 Å². The second kappa shape index (κ2) is 7.99. The number of rotatable bonds is 4. The van der Waals surface area contributed by atoms with E-state index in [4.69, 9.17) is 5.11 Å². The fourth-order valence-electron chi connectivity index (χ4n) is 1.05. The van der Waals surface area contributed by atoms with Gasteiger partial charge in [-0.05, 0) is 6.92 Å². The molecular weight excluding hydrogens is 238 g/mol. The van der Waals surface area contributed by atoms with Crippen molar-refractivity contribution in [2.45, 2.75) is 27.2 Å². The van der Waals surface area contributed by atoms with Gasteiger partial charge in [-0.1, -0.05) is 13.8 Å². The monoisotopic (exact) mass is 255 g/mol. The highest BCUT2D eigenvalue weighted by Gasteiger charge is 2.08. The summed E-state index contributed by atoms with van der Waals surface area (Å²) in [6.45, 7) is 5.16. The van der Waals surface area contributed by atoms with Crippen LogP contribution in [0, 0.1) is 6.92 Å². The molecule has 3 N–H and O–H groups in total. The molecule has 7 nitrogen and oxygen atoms in total. The highest BCUT2D eigenvalue weighted by Crippen LogP contribution is 1.90. The molecule has 1 rings (SSSR count). The van der Waals surface area contributed by atoms with Crippen LogP contribution in [0.25, 0.3) is 0 Å². The van der Waals surface area contributed by atoms with E-state index < -0.39 is 24.0 Å². The van der Waals surface area contributed by atoms with E-state index in [0.717, 1.165) is 0 Å². The number of aromatic amines is 1. The van der Waals surface area contributed by atoms with Crippen molar-refractivity contribution in [2.24, 2.45) is 0 Å². The Morgan fingerprint density at radius 2 is 2.06 bits per heavy atom. The Kier molecular flexibility index (Phi) is 7.02. The van der Waals surface area contributed by atoms with Gasteiger partial charge in [-0.15, -0.1) is 0 Å². The van der Waals surface area contributed by atoms with Crippen LogP contribution in [0.1, 0.15) is 25.2 Å². The number of nitrogens with one attached hydrogen (secondary N) is 2. The van der Waals surface area contributed by atoms with Crippen molar-refractivity contribution in [3.63, 3.8) is 0 Å². The Labute approximate surface area is 104 Å². The minimum Gasteiger partial charge on any atom is -0.480 e. The molecule has 7 heteroatoms. The van der Waals surface area contributed by atoms with E-state index >= 15 is 0 Å². The highest BCUT2D eigenvalue weighted by molar-refractivity contribution is 5.82. The molecule has 1 aromatic heterocycles. The molecule has 1 heterocycles. The maximum absolute atomic E-state index is 11.3. The minimum absolute atomic E-state index is 0.185. The van der Waals surface area contributed by atoms with Gasteiger partial charge in [0.25, 0.3) is 5.56 Å². The van der Waals surface area contributed by atoms with Gasteiger partial charge in [0.2, 0.25) is 5.91 Å². The predicted molar refractivity (Wildman–Crippen MR) is 65.3 cm³/mol. The lowest BCUT2D eigenvalue weighted by Crippen LogP contribution is -2.32. The van der Waals surface area contributed by atoms with Crippen LogP contribution < -0.4 is 10.9 Å². The molecule has 0 atom stereocenters. The van der Waals surface area contributed by atoms with Crippen molar-refractivity contribution in [3.05, 3.63) is 27.9 Å². The number of H-pyrrole nitrogens is 1. The van der Waals surface area contributed by atoms with Gasteiger partial charge in [-0.25, -0.2) is 4.98 Å². The van der Waals surface area contributed by atoms with Crippen LogP contribution in [0.15, 0.2) is 11.0 Å². The van der Waals surface area contributed by atoms with Crippen molar-refractivity contribution in [3.8, 4) is 0 Å². The summed E-state index contributed by atoms with van der Waals surface area (Å²) in [5, 5.41) is 10.5. The van der Waals surface area contributed by atoms with Crippen molar-refractivity contribution < 1.29 is 14.7 Å². The number of carbonyl (C=O) groups is 2. The molecule has 0 aromatic carbocycles. The highest BCUT2D eigenvalue weighted by atomic mass is 16.4. The topological polar surface area (TPSA) is 112 Å². The van der Waals surface area contributed by atoms with Crippen molar-refractivity contribution >= 4 is 11.9 Å². The first-order valence-corrected chi connectivity index (χ1v) is 5.52. The van der Waals surface area contributed by atoms with E-state index in [2.05, 4.69) is 15.3 Å². The largest absolute Gasteiger partial charge is 0.480 e. The Bertz CT molecular complexity index is 468. The average Bonchev–Trinajstić information content (AvgIpc) is 2.33. The summed E-state index contributed by atoms with van der Waals surface area (Å²) in [4.78, 5) is 39.0. The quantitative estimate of drug-likeness (QED) is 0.692. The first-order chi connectivity index (χ1) is 8.49. The summed E-state index contributed by atoms with van der Waals surface area (Å²) in [6.07, 6.45) is 1.12. The van der Waals surface area contributed by atoms with Gasteiger partial charge < -0.3 is 15.4 Å². The van der Waals surface area contributed by atoms with Gasteiger partial charge in [0.05, 0.1) is 6.42 Å². The minimum atomic E-state index is -1.13. The zero-order valence-corrected chi connectivity index (χ0v) is 10.6. The van der Waals surface area contributed by atoms with Crippen LogP contribution in [0.3, 0.4) is 0 Å². The SMILES string of the molecule is CC.Cc1ncc(CC(=O)NCC(=O)O)c(=O)[nH]1. The Balaban J connectivity index is 0.00000137. The molecule has 0 fully saturated rings. The normalized spacial score (nSPS) is 9.06. The third-order valence-corrected chi connectivity index (χ3v) is 1.79. The number of aryl methyl sites for hydroxylation is 1. The standard InChI is InChI=1S/C9H11N3O4.C2H6/c1-5-10-3-6(9(16)12-5)2-7(13)11-4-8(14)15;1-2/h3H,2,4H2,1H3,(H,11,13)(H,14,15)(H,10,12,16);1-2H3. The molecule has 0 aliphatic heterocycles. The number of hydrogen-bond donors (Lipinski definition) is 3. The summed E-state index contributed by atoms with van der Waals surface area (Å²) < 4.78 is 0. The number of aliphatic carboxylic acids is 1. The third kappa shape index (κ3) is 5.78. The van der Waals surface area contributed by atoms with E-state index in [9.17, 15) is 14.4 Å². The maximum Gasteiger partial charge on any atom is 0.322 e. The number of carboxylic acid groups (broad SMARTS) is 1. The summed E-state index contributed by atoms with van der Waals surface area (Å²) >= 11 is 0. The molecule has 0 saturated carbocycles. The molecule has 0 unspecified atom stereocenters. The Morgan fingerprint density at radius 3 is 2.56 bits per heavy atom. The van der Waals surface area contributed by atoms with Gasteiger partial charge in [0.1, 0.15) is 12.4 Å². The number of carboxylic acids is 1. The van der Waals surface area contributed by atoms with E-state index in [1.807, 2.05) is 13.8 Å². The zero-order valence-electron chi connectivity index (χ0n) is 10.6. The van der Waals surface area contributed by atoms with E-state index in [1.165, 1.54) is 6.20 Å². The molecule has 1 amide bonds. The molecule has 0 aliphatic rings. The van der Waals surface area contributed by atoms with Crippen LogP contribution in [-0.2, 0) is 16.0 Å². The van der Waals surface area contributed by atoms with Gasteiger partial charge >= 0.3 is 5.97 Å². The molecule has 0 spiro atoms. The molecule has 0 radical (unpaired) electrons. The molecule has 18 heavy (non-hydrogen) atoms. The van der Waals surface area contributed by atoms with E-state index in [-0.39, 0.29) is 12.0 Å². The smallest absolute Gasteiger partial charge is 0.322 e. The molecule has 1 aromatic rings. The number of carbonyl (C=O) groups excluding carboxylic acids is 1. The Hall–Kier alpha value is -2.18. The average molecular weight is 255 g/mol. The summed E-state index contributed by atoms with van der Waals surface area (Å²) in [7, 11) is 0. The first-order valence-electron chi connectivity index (χ1n) is 5.52. The molecule has 100 valence electrons. The number of aromatic nitrogens is 2. The second-order valence-electron chi connectivity index (χ2n) is 3.17. The van der Waals surface area contributed by atoms with Crippen molar-refractivity contribution in [1.82, 2.24) is 15.3 Å². The van der Waals surface area contributed by atoms with Gasteiger partial charge in [0.15, 0.2) is 0 Å². The Morgan fingerprint density at radius 1 is 1.44 bits per heavy atom. The van der Waals surface area contributed by atoms with E-state index in [0.29, 0.717) is 5.82 Å². The maximum atomic E-state index is 11.3. The molecular formula is C11H17N3O4. The fourth-order valence-corrected chi connectivity index (χ4v) is 1.05. The van der Waals surface area contributed by atoms with E-state index in [1.54, 1.807) is 6.92 Å². The zero-order chi connectivity index (χ0) is 14.1. The van der Waals surface area contributed by atoms with Crippen LogP contribution in [0.5, 0.6) is 0 Å². The molecule has 0 saturated heterocycles.